The van der Waals surface area contributed by atoms with Crippen LogP contribution in [0.3, 0.4) is 0 Å². The number of nitrogens with zero attached hydrogens (tertiary/aromatic N) is 5. The van der Waals surface area contributed by atoms with Crippen molar-refractivity contribution in [2.45, 2.75) is 32.5 Å². The Kier molecular flexibility index (Phi) is 7.35. The number of hydrogen-bond donors (Lipinski definition) is 2. The van der Waals surface area contributed by atoms with E-state index in [-0.39, 0.29) is 34.2 Å². The normalized spacial score (nSPS) is 12.0. The molecule has 3 rings (SSSR count). The first-order chi connectivity index (χ1) is 14.6. The first-order valence-corrected chi connectivity index (χ1v) is 9.08. The van der Waals surface area contributed by atoms with E-state index in [0.29, 0.717) is 0 Å². The number of anilines is 1. The number of halogens is 4. The Labute approximate surface area is 175 Å². The molecule has 3 aromatic rings. The van der Waals surface area contributed by atoms with Crippen molar-refractivity contribution in [1.82, 2.24) is 19.6 Å². The van der Waals surface area contributed by atoms with Gasteiger partial charge in [0.25, 0.3) is 0 Å². The van der Waals surface area contributed by atoms with Crippen LogP contribution < -0.4 is 10.1 Å². The van der Waals surface area contributed by atoms with E-state index in [2.05, 4.69) is 34.2 Å². The predicted molar refractivity (Wildman–Crippen MR) is 104 cm³/mol. The van der Waals surface area contributed by atoms with Gasteiger partial charge in [-0.25, -0.2) is 18.9 Å². The van der Waals surface area contributed by atoms with Gasteiger partial charge < -0.3 is 15.2 Å². The van der Waals surface area contributed by atoms with Gasteiger partial charge in [0.1, 0.15) is 34.7 Å². The molecule has 0 amide bonds. The van der Waals surface area contributed by atoms with Crippen LogP contribution in [-0.2, 0) is 0 Å². The second-order valence-electron chi connectivity index (χ2n) is 6.24. The molecule has 0 aromatic carbocycles. The van der Waals surface area contributed by atoms with Crippen LogP contribution in [0.5, 0.6) is 5.75 Å². The zero-order valence-corrected chi connectivity index (χ0v) is 17.1. The van der Waals surface area contributed by atoms with Gasteiger partial charge in [-0.05, 0) is 6.07 Å². The van der Waals surface area contributed by atoms with Crippen molar-refractivity contribution in [3.05, 3.63) is 35.4 Å². The Morgan fingerprint density at radius 3 is 2.48 bits per heavy atom. The minimum atomic E-state index is -4.99. The van der Waals surface area contributed by atoms with Gasteiger partial charge in [-0.2, -0.15) is 23.5 Å². The number of ether oxygens (including phenoxy) is 1. The summed E-state index contributed by atoms with van der Waals surface area (Å²) in [5.74, 6) is -1.16. The fourth-order valence-electron chi connectivity index (χ4n) is 2.53. The van der Waals surface area contributed by atoms with Crippen molar-refractivity contribution in [1.29, 1.82) is 5.26 Å². The van der Waals surface area contributed by atoms with E-state index < -0.39 is 23.8 Å². The summed E-state index contributed by atoms with van der Waals surface area (Å²) < 4.78 is 59.1. The van der Waals surface area contributed by atoms with Gasteiger partial charge in [-0.3, -0.25) is 0 Å². The molecule has 0 saturated carbocycles. The Hall–Kier alpha value is -3.46. The second kappa shape index (κ2) is 9.57. The lowest BCUT2D eigenvalue weighted by atomic mass is 10.2. The highest BCUT2D eigenvalue weighted by molar-refractivity contribution is 5.65. The molecule has 1 atom stereocenters. The smallest absolute Gasteiger partial charge is 0.420 e. The van der Waals surface area contributed by atoms with Gasteiger partial charge in [0.15, 0.2) is 17.6 Å². The maximum atomic E-state index is 14.5. The lowest BCUT2D eigenvalue weighted by molar-refractivity contribution is -0.208. The summed E-state index contributed by atoms with van der Waals surface area (Å²) in [5, 5.41) is 25.0. The third kappa shape index (κ3) is 4.83. The number of methoxy groups -OCH3 is 1. The van der Waals surface area contributed by atoms with Crippen molar-refractivity contribution >= 4 is 11.5 Å². The average molecular weight is 440 g/mol. The molecule has 0 bridgehead atoms. The van der Waals surface area contributed by atoms with Crippen molar-refractivity contribution in [2.24, 2.45) is 0 Å². The van der Waals surface area contributed by atoms with E-state index in [1.54, 1.807) is 6.07 Å². The van der Waals surface area contributed by atoms with E-state index in [4.69, 9.17) is 10.00 Å². The van der Waals surface area contributed by atoms with Gasteiger partial charge >= 0.3 is 6.18 Å². The Morgan fingerprint density at radius 2 is 1.97 bits per heavy atom. The van der Waals surface area contributed by atoms with Crippen LogP contribution in [-0.4, -0.2) is 45.0 Å². The van der Waals surface area contributed by atoms with Gasteiger partial charge in [0.2, 0.25) is 0 Å². The summed E-state index contributed by atoms with van der Waals surface area (Å²) in [4.78, 5) is 7.97. The molecule has 0 fully saturated rings. The fourth-order valence-corrected chi connectivity index (χ4v) is 2.53. The molecule has 8 nitrogen and oxygen atoms in total. The summed E-state index contributed by atoms with van der Waals surface area (Å²) >= 11 is 0. The molecule has 0 saturated heterocycles. The molecule has 3 heterocycles. The number of aliphatic hydroxyl groups excluding tert-OH is 1. The fraction of sp³-hybridized carbons (Fsp3) is 0.368. The summed E-state index contributed by atoms with van der Waals surface area (Å²) in [6, 6.07) is 3.83. The third-order valence-corrected chi connectivity index (χ3v) is 3.85. The van der Waals surface area contributed by atoms with Crippen molar-refractivity contribution < 1.29 is 27.4 Å². The van der Waals surface area contributed by atoms with Crippen LogP contribution in [0.4, 0.5) is 23.4 Å². The number of alkyl halides is 3. The summed E-state index contributed by atoms with van der Waals surface area (Å²) in [5.41, 5.74) is -1.20. The summed E-state index contributed by atoms with van der Waals surface area (Å²) in [6.07, 6.45) is -5.51. The maximum Gasteiger partial charge on any atom is 0.420 e. The van der Waals surface area contributed by atoms with E-state index in [1.165, 1.54) is 13.5 Å². The molecule has 3 aromatic heterocycles. The van der Waals surface area contributed by atoms with E-state index in [0.717, 1.165) is 30.0 Å². The molecule has 0 radical (unpaired) electrons. The second-order valence-corrected chi connectivity index (χ2v) is 6.24. The molecule has 1 unspecified atom stereocenters. The number of nitriles is 1. The number of nitrogens with one attached hydrogen (secondary N) is 1. The Morgan fingerprint density at radius 1 is 1.32 bits per heavy atom. The first-order valence-electron chi connectivity index (χ1n) is 9.08. The van der Waals surface area contributed by atoms with Crippen LogP contribution in [0.2, 0.25) is 0 Å². The largest absolute Gasteiger partial charge is 0.495 e. The number of fused-ring (bicyclic) bond motifs is 1. The lowest BCUT2D eigenvalue weighted by Crippen LogP contribution is -2.23. The van der Waals surface area contributed by atoms with Crippen molar-refractivity contribution in [3.63, 3.8) is 0 Å². The van der Waals surface area contributed by atoms with Crippen molar-refractivity contribution in [3.8, 4) is 23.2 Å². The lowest BCUT2D eigenvalue weighted by Gasteiger charge is -2.17. The monoisotopic (exact) mass is 440 g/mol. The third-order valence-electron chi connectivity index (χ3n) is 3.85. The Balaban J connectivity index is 0.00000107. The molecule has 166 valence electrons. The molecule has 31 heavy (non-hydrogen) atoms. The molecule has 0 spiro atoms. The maximum absolute atomic E-state index is 14.5. The average Bonchev–Trinajstić information content (AvgIpc) is 3.14. The molecule has 12 heteroatoms. The number of aliphatic hydroxyl groups is 1. The SMILES string of the molecule is CCC.CNc1nc(-c2cnc3cc(OC)c(C(O)C(F)(F)F)nn23)c(F)cc1C#N. The molecule has 0 aliphatic carbocycles. The summed E-state index contributed by atoms with van der Waals surface area (Å²) in [6.45, 7) is 4.25. The minimum Gasteiger partial charge on any atom is -0.495 e. The number of imidazole rings is 1. The minimum absolute atomic E-state index is 0.0431. The number of rotatable bonds is 4. The standard InChI is InChI=1S/C16H12F4N6O2.C3H8/c1-22-15-7(5-21)3-8(17)12(24-15)9-6-23-11-4-10(28-2)13(25-26(9)11)14(27)16(18,19)20;1-3-2/h3-4,6,14,27H,1-2H3,(H,22,24);3H2,1-2H3. The Bertz CT molecular complexity index is 1110. The predicted octanol–water partition coefficient (Wildman–Crippen LogP) is 3.86. The van der Waals surface area contributed by atoms with E-state index in [9.17, 15) is 22.7 Å². The highest BCUT2D eigenvalue weighted by atomic mass is 19.4. The van der Waals surface area contributed by atoms with Gasteiger partial charge in [-0.1, -0.05) is 20.3 Å². The number of pyridine rings is 1. The first kappa shape index (κ1) is 23.8. The quantitative estimate of drug-likeness (QED) is 0.593. The number of aromatic nitrogens is 4. The van der Waals surface area contributed by atoms with Gasteiger partial charge in [-0.15, -0.1) is 0 Å². The summed E-state index contributed by atoms with van der Waals surface area (Å²) in [7, 11) is 2.59. The van der Waals surface area contributed by atoms with Crippen LogP contribution in [0.25, 0.3) is 17.0 Å². The van der Waals surface area contributed by atoms with Crippen LogP contribution in [0, 0.1) is 17.1 Å². The molecule has 0 aliphatic rings. The molecular weight excluding hydrogens is 420 g/mol. The van der Waals surface area contributed by atoms with Crippen LogP contribution in [0.1, 0.15) is 37.6 Å². The van der Waals surface area contributed by atoms with Gasteiger partial charge in [0.05, 0.1) is 18.9 Å². The van der Waals surface area contributed by atoms with E-state index >= 15 is 0 Å². The molecule has 2 N–H and O–H groups in total. The van der Waals surface area contributed by atoms with Crippen molar-refractivity contribution in [2.75, 3.05) is 19.5 Å². The number of hydrogen-bond acceptors (Lipinski definition) is 7. The van der Waals surface area contributed by atoms with E-state index in [1.807, 2.05) is 0 Å². The highest BCUT2D eigenvalue weighted by Gasteiger charge is 2.42. The molecule has 0 aliphatic heterocycles. The zero-order chi connectivity index (χ0) is 23.3. The zero-order valence-electron chi connectivity index (χ0n) is 17.1. The molecular formula is C19H20F4N6O2. The van der Waals surface area contributed by atoms with Crippen LogP contribution >= 0.6 is 0 Å². The topological polar surface area (TPSA) is 108 Å². The van der Waals surface area contributed by atoms with Crippen LogP contribution in [0.15, 0.2) is 18.3 Å². The van der Waals surface area contributed by atoms with Gasteiger partial charge in [0, 0.05) is 13.1 Å². The highest BCUT2D eigenvalue weighted by Crippen LogP contribution is 2.37.